The minimum Gasteiger partial charge on any atom is -0.492 e. The number of hydrogen-bond acceptors (Lipinski definition) is 3. The third kappa shape index (κ3) is 5.72. The summed E-state index contributed by atoms with van der Waals surface area (Å²) >= 11 is 4.72. The molecule has 0 spiro atoms. The van der Waals surface area contributed by atoms with E-state index in [9.17, 15) is 4.79 Å². The number of amides is 1. The second-order valence-corrected chi connectivity index (χ2v) is 3.78. The second-order valence-electron chi connectivity index (χ2n) is 3.35. The van der Waals surface area contributed by atoms with Crippen LogP contribution in [0.4, 0.5) is 5.69 Å². The van der Waals surface area contributed by atoms with Gasteiger partial charge in [0.05, 0.1) is 6.54 Å². The Morgan fingerprint density at radius 3 is 2.59 bits per heavy atom. The van der Waals surface area contributed by atoms with Crippen LogP contribution in [-0.4, -0.2) is 24.2 Å². The topological polar surface area (TPSA) is 76.4 Å². The smallest absolute Gasteiger partial charge is 0.216 e. The molecular formula is C11H15N3O2S. The average Bonchev–Trinajstić information content (AvgIpc) is 2.25. The van der Waals surface area contributed by atoms with Crippen molar-refractivity contribution in [2.24, 2.45) is 5.73 Å². The molecule has 0 aliphatic carbocycles. The van der Waals surface area contributed by atoms with Crippen molar-refractivity contribution in [1.82, 2.24) is 5.32 Å². The summed E-state index contributed by atoms with van der Waals surface area (Å²) in [4.78, 5) is 10.6. The van der Waals surface area contributed by atoms with Crippen molar-refractivity contribution in [3.63, 3.8) is 0 Å². The first-order chi connectivity index (χ1) is 8.08. The molecule has 0 saturated carbocycles. The number of nitrogens with two attached hydrogens (primary N) is 1. The molecule has 17 heavy (non-hydrogen) atoms. The zero-order valence-electron chi connectivity index (χ0n) is 9.53. The number of rotatable bonds is 5. The van der Waals surface area contributed by atoms with Crippen LogP contribution in [0.15, 0.2) is 24.3 Å². The molecule has 1 amide bonds. The Morgan fingerprint density at radius 2 is 2.06 bits per heavy atom. The summed E-state index contributed by atoms with van der Waals surface area (Å²) in [6.45, 7) is 2.39. The van der Waals surface area contributed by atoms with E-state index in [0.29, 0.717) is 13.2 Å². The second kappa shape index (κ2) is 6.70. The largest absolute Gasteiger partial charge is 0.492 e. The average molecular weight is 253 g/mol. The molecule has 0 heterocycles. The third-order valence-electron chi connectivity index (χ3n) is 1.87. The summed E-state index contributed by atoms with van der Waals surface area (Å²) in [7, 11) is 0. The number of benzene rings is 1. The summed E-state index contributed by atoms with van der Waals surface area (Å²) in [5.74, 6) is 0.661. The Labute approximate surface area is 105 Å². The molecule has 0 atom stereocenters. The van der Waals surface area contributed by atoms with E-state index >= 15 is 0 Å². The van der Waals surface area contributed by atoms with Crippen molar-refractivity contribution in [3.05, 3.63) is 24.3 Å². The molecule has 1 aromatic rings. The minimum absolute atomic E-state index is 0.0652. The van der Waals surface area contributed by atoms with Gasteiger partial charge in [-0.3, -0.25) is 4.79 Å². The molecule has 6 heteroatoms. The molecule has 1 rings (SSSR count). The molecule has 0 radical (unpaired) electrons. The number of thiocarbonyl (C=S) groups is 1. The van der Waals surface area contributed by atoms with Crippen LogP contribution >= 0.6 is 12.2 Å². The quantitative estimate of drug-likeness (QED) is 0.536. The van der Waals surface area contributed by atoms with Crippen molar-refractivity contribution in [2.75, 3.05) is 18.5 Å². The first-order valence-electron chi connectivity index (χ1n) is 5.11. The number of anilines is 1. The maximum atomic E-state index is 10.6. The summed E-state index contributed by atoms with van der Waals surface area (Å²) in [6.07, 6.45) is 0. The fourth-order valence-corrected chi connectivity index (χ4v) is 1.29. The van der Waals surface area contributed by atoms with Crippen LogP contribution in [-0.2, 0) is 4.79 Å². The number of nitrogens with one attached hydrogen (secondary N) is 2. The number of ether oxygens (including phenoxy) is 1. The van der Waals surface area contributed by atoms with Crippen molar-refractivity contribution in [3.8, 4) is 5.75 Å². The van der Waals surface area contributed by atoms with Gasteiger partial charge in [-0.1, -0.05) is 0 Å². The van der Waals surface area contributed by atoms with Gasteiger partial charge in [0, 0.05) is 12.6 Å². The highest BCUT2D eigenvalue weighted by Crippen LogP contribution is 2.15. The van der Waals surface area contributed by atoms with E-state index in [1.165, 1.54) is 6.92 Å². The molecule has 0 fully saturated rings. The number of carbonyl (C=O) groups excluding carboxylic acids is 1. The summed E-state index contributed by atoms with van der Waals surface area (Å²) in [6, 6.07) is 7.22. The van der Waals surface area contributed by atoms with Gasteiger partial charge in [-0.25, -0.2) is 0 Å². The molecule has 4 N–H and O–H groups in total. The zero-order valence-corrected chi connectivity index (χ0v) is 10.3. The summed E-state index contributed by atoms with van der Waals surface area (Å²) in [5, 5.41) is 5.68. The maximum absolute atomic E-state index is 10.6. The molecule has 0 bridgehead atoms. The van der Waals surface area contributed by atoms with E-state index in [1.54, 1.807) is 12.1 Å². The lowest BCUT2D eigenvalue weighted by molar-refractivity contribution is -0.119. The van der Waals surface area contributed by atoms with E-state index in [4.69, 9.17) is 22.7 Å². The van der Waals surface area contributed by atoms with Crippen LogP contribution in [0.5, 0.6) is 5.75 Å². The number of carbonyl (C=O) groups is 1. The van der Waals surface area contributed by atoms with Gasteiger partial charge < -0.3 is 21.1 Å². The molecule has 0 aromatic heterocycles. The Hall–Kier alpha value is -1.82. The maximum Gasteiger partial charge on any atom is 0.216 e. The molecule has 0 saturated heterocycles. The van der Waals surface area contributed by atoms with E-state index in [-0.39, 0.29) is 11.0 Å². The molecule has 0 unspecified atom stereocenters. The van der Waals surface area contributed by atoms with E-state index in [2.05, 4.69) is 10.6 Å². The van der Waals surface area contributed by atoms with Crippen LogP contribution in [0, 0.1) is 0 Å². The third-order valence-corrected chi connectivity index (χ3v) is 1.97. The van der Waals surface area contributed by atoms with Gasteiger partial charge in [0.1, 0.15) is 12.4 Å². The fourth-order valence-electron chi connectivity index (χ4n) is 1.17. The Bertz CT molecular complexity index is 392. The first-order valence-corrected chi connectivity index (χ1v) is 5.52. The number of hydrogen-bond donors (Lipinski definition) is 3. The van der Waals surface area contributed by atoms with Gasteiger partial charge in [-0.2, -0.15) is 0 Å². The molecule has 5 nitrogen and oxygen atoms in total. The normalized spacial score (nSPS) is 9.47. The molecule has 1 aromatic carbocycles. The van der Waals surface area contributed by atoms with Crippen molar-refractivity contribution in [2.45, 2.75) is 6.92 Å². The SMILES string of the molecule is CC(=O)NCCOc1ccc(NC(N)=S)cc1. The summed E-state index contributed by atoms with van der Waals surface area (Å²) < 4.78 is 5.41. The van der Waals surface area contributed by atoms with Crippen molar-refractivity contribution in [1.29, 1.82) is 0 Å². The predicted octanol–water partition coefficient (Wildman–Crippen LogP) is 0.857. The molecule has 0 aliphatic heterocycles. The van der Waals surface area contributed by atoms with Gasteiger partial charge in [0.15, 0.2) is 5.11 Å². The molecular weight excluding hydrogens is 238 g/mol. The van der Waals surface area contributed by atoms with Gasteiger partial charge in [0.25, 0.3) is 0 Å². The first kappa shape index (κ1) is 13.2. The van der Waals surface area contributed by atoms with E-state index in [0.717, 1.165) is 11.4 Å². The van der Waals surface area contributed by atoms with Crippen LogP contribution in [0.25, 0.3) is 0 Å². The molecule has 0 aliphatic rings. The minimum atomic E-state index is -0.0652. The van der Waals surface area contributed by atoms with Crippen molar-refractivity contribution < 1.29 is 9.53 Å². The van der Waals surface area contributed by atoms with Gasteiger partial charge >= 0.3 is 0 Å². The van der Waals surface area contributed by atoms with Crippen LogP contribution in [0.3, 0.4) is 0 Å². The predicted molar refractivity (Wildman–Crippen MR) is 71.0 cm³/mol. The van der Waals surface area contributed by atoms with E-state index in [1.807, 2.05) is 12.1 Å². The zero-order chi connectivity index (χ0) is 12.7. The Balaban J connectivity index is 2.35. The van der Waals surface area contributed by atoms with Crippen molar-refractivity contribution >= 4 is 28.9 Å². The highest BCUT2D eigenvalue weighted by Gasteiger charge is 1.96. The Morgan fingerprint density at radius 1 is 1.41 bits per heavy atom. The fraction of sp³-hybridized carbons (Fsp3) is 0.273. The highest BCUT2D eigenvalue weighted by molar-refractivity contribution is 7.80. The van der Waals surface area contributed by atoms with E-state index < -0.39 is 0 Å². The monoisotopic (exact) mass is 253 g/mol. The lowest BCUT2D eigenvalue weighted by Crippen LogP contribution is -2.25. The van der Waals surface area contributed by atoms with Crippen LogP contribution in [0.1, 0.15) is 6.92 Å². The summed E-state index contributed by atoms with van der Waals surface area (Å²) in [5.41, 5.74) is 6.15. The lowest BCUT2D eigenvalue weighted by Gasteiger charge is -2.08. The van der Waals surface area contributed by atoms with Gasteiger partial charge in [0.2, 0.25) is 5.91 Å². The van der Waals surface area contributed by atoms with Crippen LogP contribution < -0.4 is 21.1 Å². The van der Waals surface area contributed by atoms with Gasteiger partial charge in [-0.15, -0.1) is 0 Å². The molecule has 92 valence electrons. The standard InChI is InChI=1S/C11H15N3O2S/c1-8(15)13-6-7-16-10-4-2-9(3-5-10)14-11(12)17/h2-5H,6-7H2,1H3,(H,13,15)(H3,12,14,17). The highest BCUT2D eigenvalue weighted by atomic mass is 32.1. The Kier molecular flexibility index (Phi) is 5.22. The van der Waals surface area contributed by atoms with Crippen LogP contribution in [0.2, 0.25) is 0 Å². The lowest BCUT2D eigenvalue weighted by atomic mass is 10.3. The van der Waals surface area contributed by atoms with Gasteiger partial charge in [-0.05, 0) is 36.5 Å².